The first-order chi connectivity index (χ1) is 18.0. The average molecular weight is 505 g/mol. The van der Waals surface area contributed by atoms with Gasteiger partial charge < -0.3 is 24.2 Å². The Hall–Kier alpha value is -3.88. The van der Waals surface area contributed by atoms with Crippen LogP contribution in [0.25, 0.3) is 5.76 Å². The minimum absolute atomic E-state index is 0.0616. The number of aliphatic hydroxyl groups is 1. The van der Waals surface area contributed by atoms with Gasteiger partial charge in [0.05, 0.1) is 24.8 Å². The number of nitrogens with zero attached hydrogens (tertiary/aromatic N) is 2. The van der Waals surface area contributed by atoms with Crippen molar-refractivity contribution in [2.75, 3.05) is 52.6 Å². The third kappa shape index (κ3) is 6.10. The van der Waals surface area contributed by atoms with Crippen molar-refractivity contribution in [3.63, 3.8) is 0 Å². The summed E-state index contributed by atoms with van der Waals surface area (Å²) in [6.45, 7) is 11.8. The maximum Gasteiger partial charge on any atom is 0.295 e. The molecule has 2 aromatic carbocycles. The molecular formula is C29H32N2O6. The van der Waals surface area contributed by atoms with E-state index in [1.165, 1.54) is 0 Å². The Labute approximate surface area is 217 Å². The molecule has 0 saturated carbocycles. The number of benzene rings is 2. The van der Waals surface area contributed by atoms with Gasteiger partial charge in [-0.3, -0.25) is 14.5 Å². The highest BCUT2D eigenvalue weighted by molar-refractivity contribution is 6.46. The van der Waals surface area contributed by atoms with E-state index in [-0.39, 0.29) is 11.3 Å². The summed E-state index contributed by atoms with van der Waals surface area (Å²) >= 11 is 0. The Kier molecular flexibility index (Phi) is 8.77. The number of amides is 1. The normalized spacial score (nSPS) is 19.6. The molecule has 0 aliphatic carbocycles. The SMILES string of the molecule is C=CCOc1ccc(/C(O)=C2\C(=O)C(=O)N(CCN3CCOCC3)C2c2ccc(OCC=C)cc2)cc1. The summed E-state index contributed by atoms with van der Waals surface area (Å²) < 4.78 is 16.5. The van der Waals surface area contributed by atoms with Crippen molar-refractivity contribution in [3.8, 4) is 11.5 Å². The van der Waals surface area contributed by atoms with Crippen LogP contribution in [-0.4, -0.2) is 79.2 Å². The summed E-state index contributed by atoms with van der Waals surface area (Å²) in [5.41, 5.74) is 1.19. The van der Waals surface area contributed by atoms with Crippen molar-refractivity contribution in [1.29, 1.82) is 0 Å². The third-order valence-corrected chi connectivity index (χ3v) is 6.36. The fourth-order valence-electron chi connectivity index (χ4n) is 4.45. The van der Waals surface area contributed by atoms with E-state index in [0.717, 1.165) is 13.1 Å². The summed E-state index contributed by atoms with van der Waals surface area (Å²) in [7, 11) is 0. The topological polar surface area (TPSA) is 88.5 Å². The molecule has 2 fully saturated rings. The highest BCUT2D eigenvalue weighted by Crippen LogP contribution is 2.40. The molecular weight excluding hydrogens is 472 g/mol. The number of carbonyl (C=O) groups excluding carboxylic acids is 2. The molecule has 2 aromatic rings. The molecule has 1 unspecified atom stereocenters. The smallest absolute Gasteiger partial charge is 0.295 e. The molecule has 0 aromatic heterocycles. The molecule has 194 valence electrons. The zero-order chi connectivity index (χ0) is 26.2. The van der Waals surface area contributed by atoms with E-state index >= 15 is 0 Å². The van der Waals surface area contributed by atoms with E-state index in [1.54, 1.807) is 53.5 Å². The van der Waals surface area contributed by atoms with Gasteiger partial charge in [0.15, 0.2) is 0 Å². The average Bonchev–Trinajstić information content (AvgIpc) is 3.19. The van der Waals surface area contributed by atoms with Crippen LogP contribution in [0.3, 0.4) is 0 Å². The number of morpholine rings is 1. The third-order valence-electron chi connectivity index (χ3n) is 6.36. The number of ether oxygens (including phenoxy) is 3. The predicted octanol–water partition coefficient (Wildman–Crippen LogP) is 3.57. The van der Waals surface area contributed by atoms with Crippen LogP contribution in [0, 0.1) is 0 Å². The van der Waals surface area contributed by atoms with Crippen LogP contribution >= 0.6 is 0 Å². The second-order valence-corrected chi connectivity index (χ2v) is 8.74. The molecule has 2 saturated heterocycles. The maximum absolute atomic E-state index is 13.3. The van der Waals surface area contributed by atoms with Crippen LogP contribution in [0.4, 0.5) is 0 Å². The summed E-state index contributed by atoms with van der Waals surface area (Å²) in [6.07, 6.45) is 3.29. The van der Waals surface area contributed by atoms with Gasteiger partial charge in [0.2, 0.25) is 0 Å². The highest BCUT2D eigenvalue weighted by atomic mass is 16.5. The molecule has 8 nitrogen and oxygen atoms in total. The zero-order valence-electron chi connectivity index (χ0n) is 20.8. The van der Waals surface area contributed by atoms with Crippen molar-refractivity contribution in [1.82, 2.24) is 9.80 Å². The lowest BCUT2D eigenvalue weighted by Crippen LogP contribution is -2.42. The summed E-state index contributed by atoms with van der Waals surface area (Å²) in [5, 5.41) is 11.3. The highest BCUT2D eigenvalue weighted by Gasteiger charge is 2.46. The van der Waals surface area contributed by atoms with E-state index in [1.807, 2.05) is 12.1 Å². The largest absolute Gasteiger partial charge is 0.507 e. The van der Waals surface area contributed by atoms with E-state index < -0.39 is 17.7 Å². The van der Waals surface area contributed by atoms with E-state index in [0.29, 0.717) is 62.1 Å². The number of rotatable bonds is 11. The van der Waals surface area contributed by atoms with Crippen LogP contribution < -0.4 is 9.47 Å². The van der Waals surface area contributed by atoms with Gasteiger partial charge in [-0.05, 0) is 42.0 Å². The van der Waals surface area contributed by atoms with Crippen molar-refractivity contribution in [2.45, 2.75) is 6.04 Å². The number of hydrogen-bond donors (Lipinski definition) is 1. The minimum atomic E-state index is -0.730. The van der Waals surface area contributed by atoms with Crippen LogP contribution in [0.2, 0.25) is 0 Å². The lowest BCUT2D eigenvalue weighted by atomic mass is 9.95. The molecule has 37 heavy (non-hydrogen) atoms. The number of likely N-dealkylation sites (tertiary alicyclic amines) is 1. The molecule has 2 aliphatic heterocycles. The number of hydrogen-bond acceptors (Lipinski definition) is 7. The van der Waals surface area contributed by atoms with E-state index in [4.69, 9.17) is 14.2 Å². The second-order valence-electron chi connectivity index (χ2n) is 8.74. The summed E-state index contributed by atoms with van der Waals surface area (Å²) in [4.78, 5) is 30.2. The zero-order valence-corrected chi connectivity index (χ0v) is 20.8. The Balaban J connectivity index is 1.68. The lowest BCUT2D eigenvalue weighted by molar-refractivity contribution is -0.140. The fraction of sp³-hybridized carbons (Fsp3) is 0.310. The first-order valence-electron chi connectivity index (χ1n) is 12.3. The number of carbonyl (C=O) groups is 2. The molecule has 1 N–H and O–H groups in total. The Bertz CT molecular complexity index is 1150. The summed E-state index contributed by atoms with van der Waals surface area (Å²) in [5.74, 6) is -0.307. The van der Waals surface area contributed by atoms with Crippen LogP contribution in [0.1, 0.15) is 17.2 Å². The van der Waals surface area contributed by atoms with Crippen molar-refractivity contribution in [3.05, 3.63) is 90.5 Å². The monoisotopic (exact) mass is 504 g/mol. The summed E-state index contributed by atoms with van der Waals surface area (Å²) in [6, 6.07) is 13.2. The van der Waals surface area contributed by atoms with Gasteiger partial charge in [-0.2, -0.15) is 0 Å². The molecule has 2 heterocycles. The van der Waals surface area contributed by atoms with Gasteiger partial charge in [0, 0.05) is 31.7 Å². The van der Waals surface area contributed by atoms with Crippen molar-refractivity contribution >= 4 is 17.4 Å². The maximum atomic E-state index is 13.3. The van der Waals surface area contributed by atoms with Crippen LogP contribution in [0.15, 0.2) is 79.4 Å². The van der Waals surface area contributed by atoms with Gasteiger partial charge in [-0.15, -0.1) is 0 Å². The van der Waals surface area contributed by atoms with Crippen molar-refractivity contribution in [2.24, 2.45) is 0 Å². The quantitative estimate of drug-likeness (QED) is 0.217. The van der Waals surface area contributed by atoms with Gasteiger partial charge in [0.25, 0.3) is 11.7 Å². The Morgan fingerprint density at radius 1 is 0.919 bits per heavy atom. The molecule has 0 radical (unpaired) electrons. The molecule has 2 aliphatic rings. The first-order valence-corrected chi connectivity index (χ1v) is 12.3. The van der Waals surface area contributed by atoms with Gasteiger partial charge >= 0.3 is 0 Å². The minimum Gasteiger partial charge on any atom is -0.507 e. The number of ketones is 1. The van der Waals surface area contributed by atoms with E-state index in [2.05, 4.69) is 18.1 Å². The Morgan fingerprint density at radius 2 is 1.49 bits per heavy atom. The van der Waals surface area contributed by atoms with Crippen molar-refractivity contribution < 1.29 is 28.9 Å². The molecule has 0 bridgehead atoms. The van der Waals surface area contributed by atoms with Gasteiger partial charge in [-0.1, -0.05) is 37.4 Å². The molecule has 0 spiro atoms. The molecule has 1 amide bonds. The number of aliphatic hydroxyl groups excluding tert-OH is 1. The predicted molar refractivity (Wildman–Crippen MR) is 141 cm³/mol. The first kappa shape index (κ1) is 26.2. The fourth-order valence-corrected chi connectivity index (χ4v) is 4.45. The van der Waals surface area contributed by atoms with Crippen LogP contribution in [0.5, 0.6) is 11.5 Å². The molecule has 8 heteroatoms. The van der Waals surface area contributed by atoms with Crippen LogP contribution in [-0.2, 0) is 14.3 Å². The standard InChI is InChI=1S/C29H32N2O6/c1-3-17-36-23-9-5-21(6-10-23)26-25(27(32)22-7-11-24(12-8-22)37-18-4-2)28(33)29(34)31(26)14-13-30-15-19-35-20-16-30/h3-12,26,32H,1-2,13-20H2/b27-25+. The Morgan fingerprint density at radius 3 is 2.05 bits per heavy atom. The van der Waals surface area contributed by atoms with Gasteiger partial charge in [-0.25, -0.2) is 0 Å². The molecule has 4 rings (SSSR count). The second kappa shape index (κ2) is 12.4. The van der Waals surface area contributed by atoms with E-state index in [9.17, 15) is 14.7 Å². The number of Topliss-reactive ketones (excluding diaryl/α,β-unsaturated/α-hetero) is 1. The molecule has 1 atom stereocenters. The lowest BCUT2D eigenvalue weighted by Gasteiger charge is -2.31. The van der Waals surface area contributed by atoms with Gasteiger partial charge in [0.1, 0.15) is 30.5 Å².